The minimum Gasteiger partial charge on any atom is -0.508 e. The SMILES string of the molecule is CCOC(=O)c1ccc(O)c([C@@H]2CCCN2)c1. The van der Waals surface area contributed by atoms with E-state index >= 15 is 0 Å². The van der Waals surface area contributed by atoms with Gasteiger partial charge in [0.25, 0.3) is 0 Å². The van der Waals surface area contributed by atoms with Gasteiger partial charge in [-0.2, -0.15) is 0 Å². The van der Waals surface area contributed by atoms with Crippen molar-refractivity contribution in [2.45, 2.75) is 25.8 Å². The first-order chi connectivity index (χ1) is 8.22. The maximum Gasteiger partial charge on any atom is 0.338 e. The molecule has 0 saturated carbocycles. The molecular weight excluding hydrogens is 218 g/mol. The van der Waals surface area contributed by atoms with Crippen molar-refractivity contribution >= 4 is 5.97 Å². The zero-order chi connectivity index (χ0) is 12.3. The third-order valence-electron chi connectivity index (χ3n) is 2.97. The number of ether oxygens (including phenoxy) is 1. The number of esters is 1. The van der Waals surface area contributed by atoms with Crippen molar-refractivity contribution in [1.29, 1.82) is 0 Å². The van der Waals surface area contributed by atoms with Gasteiger partial charge < -0.3 is 15.2 Å². The third-order valence-corrected chi connectivity index (χ3v) is 2.97. The molecule has 1 atom stereocenters. The molecule has 4 heteroatoms. The highest BCUT2D eigenvalue weighted by atomic mass is 16.5. The number of phenols is 1. The van der Waals surface area contributed by atoms with E-state index in [-0.39, 0.29) is 17.8 Å². The standard InChI is InChI=1S/C13H17NO3/c1-2-17-13(16)9-5-6-12(15)10(8-9)11-4-3-7-14-11/h5-6,8,11,14-15H,2-4,7H2,1H3/t11-/m0/s1. The smallest absolute Gasteiger partial charge is 0.338 e. The van der Waals surface area contributed by atoms with Crippen molar-refractivity contribution in [3.63, 3.8) is 0 Å². The summed E-state index contributed by atoms with van der Waals surface area (Å²) in [6.07, 6.45) is 2.08. The van der Waals surface area contributed by atoms with E-state index in [0.29, 0.717) is 12.2 Å². The van der Waals surface area contributed by atoms with Crippen LogP contribution >= 0.6 is 0 Å². The molecule has 0 spiro atoms. The topological polar surface area (TPSA) is 58.6 Å². The van der Waals surface area contributed by atoms with Crippen molar-refractivity contribution in [3.05, 3.63) is 29.3 Å². The number of rotatable bonds is 3. The van der Waals surface area contributed by atoms with Crippen LogP contribution in [0.25, 0.3) is 0 Å². The number of carbonyl (C=O) groups is 1. The van der Waals surface area contributed by atoms with E-state index in [1.807, 2.05) is 0 Å². The van der Waals surface area contributed by atoms with E-state index in [4.69, 9.17) is 4.74 Å². The molecule has 1 fully saturated rings. The first kappa shape index (κ1) is 11.9. The summed E-state index contributed by atoms with van der Waals surface area (Å²) in [7, 11) is 0. The highest BCUT2D eigenvalue weighted by Gasteiger charge is 2.20. The lowest BCUT2D eigenvalue weighted by Gasteiger charge is -2.13. The summed E-state index contributed by atoms with van der Waals surface area (Å²) in [5.41, 5.74) is 1.28. The molecule has 17 heavy (non-hydrogen) atoms. The van der Waals surface area contributed by atoms with Gasteiger partial charge in [0.05, 0.1) is 12.2 Å². The molecule has 1 heterocycles. The predicted octanol–water partition coefficient (Wildman–Crippen LogP) is 1.99. The van der Waals surface area contributed by atoms with Crippen molar-refractivity contribution in [3.8, 4) is 5.75 Å². The molecule has 0 unspecified atom stereocenters. The number of aromatic hydroxyl groups is 1. The van der Waals surface area contributed by atoms with Crippen molar-refractivity contribution in [1.82, 2.24) is 5.32 Å². The van der Waals surface area contributed by atoms with E-state index in [0.717, 1.165) is 24.9 Å². The quantitative estimate of drug-likeness (QED) is 0.787. The Morgan fingerprint density at radius 1 is 1.59 bits per heavy atom. The minimum absolute atomic E-state index is 0.143. The van der Waals surface area contributed by atoms with Crippen LogP contribution in [-0.4, -0.2) is 24.2 Å². The first-order valence-electron chi connectivity index (χ1n) is 5.95. The van der Waals surface area contributed by atoms with E-state index in [1.54, 1.807) is 25.1 Å². The molecule has 0 radical (unpaired) electrons. The number of phenolic OH excluding ortho intramolecular Hbond substituents is 1. The predicted molar refractivity (Wildman–Crippen MR) is 64.0 cm³/mol. The normalized spacial score (nSPS) is 19.2. The van der Waals surface area contributed by atoms with E-state index < -0.39 is 0 Å². The Balaban J connectivity index is 2.25. The van der Waals surface area contributed by atoms with E-state index in [2.05, 4.69) is 5.32 Å². The van der Waals surface area contributed by atoms with Crippen molar-refractivity contribution < 1.29 is 14.6 Å². The highest BCUT2D eigenvalue weighted by Crippen LogP contribution is 2.30. The Morgan fingerprint density at radius 2 is 2.41 bits per heavy atom. The van der Waals surface area contributed by atoms with Gasteiger partial charge in [0.2, 0.25) is 0 Å². The Bertz CT molecular complexity index is 411. The van der Waals surface area contributed by atoms with Crippen LogP contribution in [0.3, 0.4) is 0 Å². The summed E-state index contributed by atoms with van der Waals surface area (Å²) in [5, 5.41) is 13.1. The summed E-state index contributed by atoms with van der Waals surface area (Å²) < 4.78 is 4.94. The van der Waals surface area contributed by atoms with Crippen LogP contribution in [0.4, 0.5) is 0 Å². The second-order valence-corrected chi connectivity index (χ2v) is 4.14. The molecule has 0 aromatic heterocycles. The van der Waals surface area contributed by atoms with Crippen molar-refractivity contribution in [2.24, 2.45) is 0 Å². The van der Waals surface area contributed by atoms with Crippen LogP contribution in [0.2, 0.25) is 0 Å². The van der Waals surface area contributed by atoms with Crippen LogP contribution in [0, 0.1) is 0 Å². The molecule has 1 aromatic carbocycles. The van der Waals surface area contributed by atoms with Crippen LogP contribution in [0.5, 0.6) is 5.75 Å². The van der Waals surface area contributed by atoms with Crippen LogP contribution in [0.1, 0.15) is 41.7 Å². The Kier molecular flexibility index (Phi) is 3.64. The van der Waals surface area contributed by atoms with Gasteiger partial charge in [0, 0.05) is 11.6 Å². The number of hydrogen-bond acceptors (Lipinski definition) is 4. The monoisotopic (exact) mass is 235 g/mol. The molecule has 2 N–H and O–H groups in total. The van der Waals surface area contributed by atoms with Crippen LogP contribution < -0.4 is 5.32 Å². The fourth-order valence-corrected chi connectivity index (χ4v) is 2.13. The second kappa shape index (κ2) is 5.19. The zero-order valence-corrected chi connectivity index (χ0v) is 9.90. The molecule has 1 aromatic rings. The third kappa shape index (κ3) is 2.58. The van der Waals surface area contributed by atoms with Crippen LogP contribution in [-0.2, 0) is 4.74 Å². The molecule has 0 aliphatic carbocycles. The largest absolute Gasteiger partial charge is 0.508 e. The number of benzene rings is 1. The van der Waals surface area contributed by atoms with E-state index in [9.17, 15) is 9.90 Å². The fraction of sp³-hybridized carbons (Fsp3) is 0.462. The van der Waals surface area contributed by atoms with Gasteiger partial charge in [-0.1, -0.05) is 0 Å². The average molecular weight is 235 g/mol. The van der Waals surface area contributed by atoms with Gasteiger partial charge in [-0.05, 0) is 44.5 Å². The zero-order valence-electron chi connectivity index (χ0n) is 9.90. The average Bonchev–Trinajstić information content (AvgIpc) is 2.83. The summed E-state index contributed by atoms with van der Waals surface area (Å²) >= 11 is 0. The highest BCUT2D eigenvalue weighted by molar-refractivity contribution is 5.89. The minimum atomic E-state index is -0.341. The van der Waals surface area contributed by atoms with Crippen molar-refractivity contribution in [2.75, 3.05) is 13.2 Å². The first-order valence-corrected chi connectivity index (χ1v) is 5.95. The van der Waals surface area contributed by atoms with Crippen LogP contribution in [0.15, 0.2) is 18.2 Å². The lowest BCUT2D eigenvalue weighted by Crippen LogP contribution is -2.14. The summed E-state index contributed by atoms with van der Waals surface area (Å²) in [5.74, 6) is -0.107. The molecule has 92 valence electrons. The number of carbonyl (C=O) groups excluding carboxylic acids is 1. The summed E-state index contributed by atoms with van der Waals surface area (Å²) in [6.45, 7) is 3.09. The van der Waals surface area contributed by atoms with Gasteiger partial charge >= 0.3 is 5.97 Å². The van der Waals surface area contributed by atoms with Gasteiger partial charge in [0.1, 0.15) is 5.75 Å². The maximum atomic E-state index is 11.6. The molecule has 2 rings (SSSR count). The number of nitrogens with one attached hydrogen (secondary N) is 1. The molecule has 1 saturated heterocycles. The number of hydrogen-bond donors (Lipinski definition) is 2. The van der Waals surface area contributed by atoms with E-state index in [1.165, 1.54) is 0 Å². The van der Waals surface area contributed by atoms with Gasteiger partial charge in [0.15, 0.2) is 0 Å². The summed E-state index contributed by atoms with van der Waals surface area (Å²) in [4.78, 5) is 11.6. The Hall–Kier alpha value is -1.55. The maximum absolute atomic E-state index is 11.6. The molecular formula is C13H17NO3. The Labute approximate surface area is 101 Å². The van der Waals surface area contributed by atoms with Gasteiger partial charge in [-0.15, -0.1) is 0 Å². The van der Waals surface area contributed by atoms with Gasteiger partial charge in [-0.3, -0.25) is 0 Å². The summed E-state index contributed by atoms with van der Waals surface area (Å²) in [6, 6.07) is 5.01. The second-order valence-electron chi connectivity index (χ2n) is 4.14. The molecule has 1 aliphatic rings. The lowest BCUT2D eigenvalue weighted by atomic mass is 10.0. The fourth-order valence-electron chi connectivity index (χ4n) is 2.13. The van der Waals surface area contributed by atoms with Gasteiger partial charge in [-0.25, -0.2) is 4.79 Å². The molecule has 0 amide bonds. The molecule has 0 bridgehead atoms. The Morgan fingerprint density at radius 3 is 3.06 bits per heavy atom. The molecule has 1 aliphatic heterocycles. The lowest BCUT2D eigenvalue weighted by molar-refractivity contribution is 0.0526. The molecule has 4 nitrogen and oxygen atoms in total.